The monoisotopic (exact) mass is 156 g/mol. The zero-order valence-electron chi connectivity index (χ0n) is 5.14. The number of hydrogen-bond donors (Lipinski definition) is 2. The van der Waals surface area contributed by atoms with Gasteiger partial charge in [0, 0.05) is 14.2 Å². The van der Waals surface area contributed by atoms with E-state index in [-0.39, 0.29) is 0 Å². The van der Waals surface area contributed by atoms with Crippen LogP contribution in [-0.4, -0.2) is 30.0 Å². The van der Waals surface area contributed by atoms with Gasteiger partial charge >= 0.3 is 7.60 Å². The van der Waals surface area contributed by atoms with Gasteiger partial charge < -0.3 is 19.3 Å². The van der Waals surface area contributed by atoms with Gasteiger partial charge in [0.1, 0.15) is 0 Å². The predicted octanol–water partition coefficient (Wildman–Crippen LogP) is -0.260. The van der Waals surface area contributed by atoms with Gasteiger partial charge in [0.05, 0.1) is 0 Å². The third kappa shape index (κ3) is 2.93. The normalized spacial score (nSPS) is 12.6. The minimum Gasteiger partial charge on any atom is -0.346 e. The maximum atomic E-state index is 10.2. The Hall–Kier alpha value is 0.0700. The maximum Gasteiger partial charge on any atom is 0.381 e. The van der Waals surface area contributed by atoms with Crippen molar-refractivity contribution < 1.29 is 23.8 Å². The van der Waals surface area contributed by atoms with Crippen LogP contribution < -0.4 is 0 Å². The van der Waals surface area contributed by atoms with E-state index in [2.05, 4.69) is 9.47 Å². The molecule has 0 atom stereocenters. The molecule has 6 heteroatoms. The standard InChI is InChI=1S/C3H9O5P/c1-7-3(8-2)9(4,5)6/h3H,1-2H3,(H2,4,5,6). The molecule has 0 aromatic carbocycles. The minimum absolute atomic E-state index is 1.16. The molecule has 2 N–H and O–H groups in total. The molecule has 0 heterocycles. The molecule has 0 saturated heterocycles. The van der Waals surface area contributed by atoms with Crippen LogP contribution in [0, 0.1) is 0 Å². The highest BCUT2D eigenvalue weighted by atomic mass is 31.2. The first kappa shape index (κ1) is 9.07. The average Bonchev–Trinajstić information content (AvgIpc) is 1.65. The van der Waals surface area contributed by atoms with Crippen molar-refractivity contribution in [2.75, 3.05) is 14.2 Å². The van der Waals surface area contributed by atoms with E-state index in [1.54, 1.807) is 0 Å². The summed E-state index contributed by atoms with van der Waals surface area (Å²) in [7, 11) is -1.90. The molecule has 0 aliphatic rings. The number of hydrogen-bond acceptors (Lipinski definition) is 3. The zero-order valence-corrected chi connectivity index (χ0v) is 6.04. The molecule has 56 valence electrons. The molecule has 0 bridgehead atoms. The topological polar surface area (TPSA) is 76.0 Å². The van der Waals surface area contributed by atoms with Crippen molar-refractivity contribution in [3.63, 3.8) is 0 Å². The third-order valence-electron chi connectivity index (χ3n) is 0.678. The SMILES string of the molecule is COC(OC)P(=O)(O)O. The average molecular weight is 156 g/mol. The van der Waals surface area contributed by atoms with E-state index in [0.717, 1.165) is 14.2 Å². The van der Waals surface area contributed by atoms with Gasteiger partial charge in [-0.2, -0.15) is 0 Å². The molecule has 0 aliphatic heterocycles. The summed E-state index contributed by atoms with van der Waals surface area (Å²) in [6.45, 7) is 0. The van der Waals surface area contributed by atoms with Crippen LogP contribution in [0.3, 0.4) is 0 Å². The van der Waals surface area contributed by atoms with Crippen molar-refractivity contribution in [1.29, 1.82) is 0 Å². The van der Waals surface area contributed by atoms with Crippen molar-refractivity contribution in [2.45, 2.75) is 6.03 Å². The van der Waals surface area contributed by atoms with E-state index in [0.29, 0.717) is 0 Å². The van der Waals surface area contributed by atoms with Gasteiger partial charge in [-0.3, -0.25) is 4.57 Å². The summed E-state index contributed by atoms with van der Waals surface area (Å²) in [6.07, 6.45) is 0. The van der Waals surface area contributed by atoms with Crippen molar-refractivity contribution in [3.8, 4) is 0 Å². The van der Waals surface area contributed by atoms with Gasteiger partial charge in [0.25, 0.3) is 6.03 Å². The van der Waals surface area contributed by atoms with Crippen LogP contribution in [0.4, 0.5) is 0 Å². The van der Waals surface area contributed by atoms with Gasteiger partial charge in [0.15, 0.2) is 0 Å². The van der Waals surface area contributed by atoms with Gasteiger partial charge in [-0.25, -0.2) is 0 Å². The third-order valence-corrected chi connectivity index (χ3v) is 1.65. The van der Waals surface area contributed by atoms with E-state index < -0.39 is 13.6 Å². The van der Waals surface area contributed by atoms with Crippen molar-refractivity contribution in [2.24, 2.45) is 0 Å². The van der Waals surface area contributed by atoms with E-state index in [1.807, 2.05) is 0 Å². The summed E-state index contributed by atoms with van der Waals surface area (Å²) >= 11 is 0. The van der Waals surface area contributed by atoms with Crippen LogP contribution in [0.15, 0.2) is 0 Å². The van der Waals surface area contributed by atoms with Crippen molar-refractivity contribution in [3.05, 3.63) is 0 Å². The molecular weight excluding hydrogens is 147 g/mol. The molecule has 9 heavy (non-hydrogen) atoms. The fourth-order valence-electron chi connectivity index (χ4n) is 0.371. The van der Waals surface area contributed by atoms with E-state index in [4.69, 9.17) is 9.79 Å². The minimum atomic E-state index is -4.22. The molecule has 0 aliphatic carbocycles. The number of methoxy groups -OCH3 is 2. The number of rotatable bonds is 3. The lowest BCUT2D eigenvalue weighted by Crippen LogP contribution is -2.12. The molecule has 0 aromatic heterocycles. The maximum absolute atomic E-state index is 10.2. The van der Waals surface area contributed by atoms with Crippen LogP contribution in [-0.2, 0) is 14.0 Å². The summed E-state index contributed by atoms with van der Waals surface area (Å²) in [4.78, 5) is 16.7. The zero-order chi connectivity index (χ0) is 7.49. The van der Waals surface area contributed by atoms with E-state index in [1.165, 1.54) is 0 Å². The highest BCUT2D eigenvalue weighted by Gasteiger charge is 2.27. The van der Waals surface area contributed by atoms with Crippen LogP contribution in [0.5, 0.6) is 0 Å². The van der Waals surface area contributed by atoms with Crippen molar-refractivity contribution >= 4 is 7.60 Å². The van der Waals surface area contributed by atoms with Crippen LogP contribution in [0.25, 0.3) is 0 Å². The summed E-state index contributed by atoms with van der Waals surface area (Å²) < 4.78 is 18.8. The summed E-state index contributed by atoms with van der Waals surface area (Å²) in [5.74, 6) is 0. The molecule has 0 amide bonds. The van der Waals surface area contributed by atoms with Gasteiger partial charge in [-0.1, -0.05) is 0 Å². The largest absolute Gasteiger partial charge is 0.381 e. The lowest BCUT2D eigenvalue weighted by Gasteiger charge is -2.13. The Morgan fingerprint density at radius 3 is 1.67 bits per heavy atom. The Morgan fingerprint density at radius 1 is 1.33 bits per heavy atom. The highest BCUT2D eigenvalue weighted by molar-refractivity contribution is 7.52. The lowest BCUT2D eigenvalue weighted by molar-refractivity contribution is -0.0571. The van der Waals surface area contributed by atoms with Gasteiger partial charge in [0.2, 0.25) is 0 Å². The molecule has 0 radical (unpaired) electrons. The second kappa shape index (κ2) is 3.29. The Bertz CT molecular complexity index is 113. The second-order valence-corrected chi connectivity index (χ2v) is 2.97. The summed E-state index contributed by atoms with van der Waals surface area (Å²) in [6, 6.07) is -1.43. The first-order valence-corrected chi connectivity index (χ1v) is 3.81. The van der Waals surface area contributed by atoms with Crippen LogP contribution in [0.2, 0.25) is 0 Å². The molecular formula is C3H9O5P. The van der Waals surface area contributed by atoms with Gasteiger partial charge in [-0.15, -0.1) is 0 Å². The Morgan fingerprint density at radius 2 is 1.67 bits per heavy atom. The quantitative estimate of drug-likeness (QED) is 0.435. The first-order valence-electron chi connectivity index (χ1n) is 2.13. The fourth-order valence-corrected chi connectivity index (χ4v) is 0.920. The Labute approximate surface area is 52.7 Å². The van der Waals surface area contributed by atoms with Crippen LogP contribution in [0.1, 0.15) is 0 Å². The molecule has 0 rings (SSSR count). The van der Waals surface area contributed by atoms with Crippen molar-refractivity contribution in [1.82, 2.24) is 0 Å². The molecule has 0 saturated carbocycles. The predicted molar refractivity (Wildman–Crippen MR) is 29.9 cm³/mol. The smallest absolute Gasteiger partial charge is 0.346 e. The lowest BCUT2D eigenvalue weighted by atomic mass is 11.3. The van der Waals surface area contributed by atoms with E-state index in [9.17, 15) is 4.57 Å². The first-order chi connectivity index (χ1) is 4.02. The fraction of sp³-hybridized carbons (Fsp3) is 1.00. The number of ether oxygens (including phenoxy) is 2. The van der Waals surface area contributed by atoms with Crippen LogP contribution >= 0.6 is 7.60 Å². The molecule has 0 fully saturated rings. The second-order valence-electron chi connectivity index (χ2n) is 1.37. The van der Waals surface area contributed by atoms with E-state index >= 15 is 0 Å². The summed E-state index contributed by atoms with van der Waals surface area (Å²) in [5.41, 5.74) is 0. The molecule has 5 nitrogen and oxygen atoms in total. The Balaban J connectivity index is 3.96. The van der Waals surface area contributed by atoms with Gasteiger partial charge in [-0.05, 0) is 0 Å². The highest BCUT2D eigenvalue weighted by Crippen LogP contribution is 2.41. The molecule has 0 unspecified atom stereocenters. The summed E-state index contributed by atoms with van der Waals surface area (Å²) in [5, 5.41) is 0. The Kier molecular flexibility index (Phi) is 3.32. The molecule has 0 aromatic rings. The molecule has 0 spiro atoms.